The molecule has 36 heavy (non-hydrogen) atoms. The molecule has 0 unspecified atom stereocenters. The van der Waals surface area contributed by atoms with Crippen molar-refractivity contribution in [3.63, 3.8) is 0 Å². The van der Waals surface area contributed by atoms with Gasteiger partial charge in [0.15, 0.2) is 0 Å². The van der Waals surface area contributed by atoms with Gasteiger partial charge < -0.3 is 20.1 Å². The van der Waals surface area contributed by atoms with E-state index in [0.717, 1.165) is 30.4 Å². The Morgan fingerprint density at radius 2 is 1.72 bits per heavy atom. The maximum Gasteiger partial charge on any atom is 0.415 e. The van der Waals surface area contributed by atoms with E-state index in [1.54, 1.807) is 0 Å². The third-order valence-electron chi connectivity index (χ3n) is 6.51. The summed E-state index contributed by atoms with van der Waals surface area (Å²) in [7, 11) is 0. The molecule has 8 nitrogen and oxygen atoms in total. The number of hydrogen-bond donors (Lipinski definition) is 2. The second-order valence-corrected chi connectivity index (χ2v) is 10.5. The Hall–Kier alpha value is -3.55. The summed E-state index contributed by atoms with van der Waals surface area (Å²) >= 11 is 0. The van der Waals surface area contributed by atoms with E-state index >= 15 is 0 Å². The number of hydrogen-bond acceptors (Lipinski definition) is 5. The zero-order valence-corrected chi connectivity index (χ0v) is 21.2. The van der Waals surface area contributed by atoms with Crippen LogP contribution in [0.15, 0.2) is 54.6 Å². The quantitative estimate of drug-likeness (QED) is 0.615. The van der Waals surface area contributed by atoms with E-state index in [0.29, 0.717) is 18.7 Å². The Labute approximate surface area is 212 Å². The summed E-state index contributed by atoms with van der Waals surface area (Å²) in [6, 6.07) is 16.4. The highest BCUT2D eigenvalue weighted by Gasteiger charge is 2.39. The Morgan fingerprint density at radius 1 is 1.00 bits per heavy atom. The second-order valence-electron chi connectivity index (χ2n) is 10.5. The van der Waals surface area contributed by atoms with E-state index in [2.05, 4.69) is 10.6 Å². The fourth-order valence-corrected chi connectivity index (χ4v) is 4.84. The van der Waals surface area contributed by atoms with Crippen LogP contribution in [0.25, 0.3) is 0 Å². The Morgan fingerprint density at radius 3 is 2.47 bits per heavy atom. The van der Waals surface area contributed by atoms with Gasteiger partial charge in [-0.3, -0.25) is 9.69 Å². The van der Waals surface area contributed by atoms with Crippen LogP contribution in [-0.2, 0) is 27.3 Å². The molecule has 0 spiro atoms. The van der Waals surface area contributed by atoms with Crippen LogP contribution in [-0.4, -0.2) is 42.3 Å². The van der Waals surface area contributed by atoms with Crippen LogP contribution in [0.1, 0.15) is 51.2 Å². The summed E-state index contributed by atoms with van der Waals surface area (Å²) in [6.07, 6.45) is 2.00. The zero-order valence-electron chi connectivity index (χ0n) is 21.2. The fraction of sp³-hybridized carbons (Fsp3) is 0.464. The molecular formula is C28H35N3O5. The number of nitrogens with one attached hydrogen (secondary N) is 2. The molecule has 2 N–H and O–H groups in total. The number of nitrogens with zero attached hydrogens (tertiary/aromatic N) is 1. The number of fused-ring (bicyclic) bond motifs is 1. The molecule has 4 rings (SSSR count). The minimum Gasteiger partial charge on any atom is -0.444 e. The van der Waals surface area contributed by atoms with Gasteiger partial charge in [0.25, 0.3) is 0 Å². The van der Waals surface area contributed by atoms with Gasteiger partial charge in [-0.1, -0.05) is 48.5 Å². The molecule has 2 aromatic carbocycles. The molecule has 1 aliphatic heterocycles. The number of anilines is 1. The highest BCUT2D eigenvalue weighted by Crippen LogP contribution is 2.33. The molecule has 0 saturated heterocycles. The molecule has 8 heteroatoms. The lowest BCUT2D eigenvalue weighted by atomic mass is 10.1. The topological polar surface area (TPSA) is 97.0 Å². The van der Waals surface area contributed by atoms with E-state index in [9.17, 15) is 14.4 Å². The van der Waals surface area contributed by atoms with Crippen molar-refractivity contribution in [2.75, 3.05) is 11.4 Å². The first-order valence-corrected chi connectivity index (χ1v) is 12.5. The van der Waals surface area contributed by atoms with Gasteiger partial charge in [-0.2, -0.15) is 0 Å². The number of carbonyl (C=O) groups excluding carboxylic acids is 3. The summed E-state index contributed by atoms with van der Waals surface area (Å²) in [5.74, 6) is 0.0440. The molecule has 0 radical (unpaired) electrons. The van der Waals surface area contributed by atoms with Crippen molar-refractivity contribution in [1.82, 2.24) is 10.6 Å². The first kappa shape index (κ1) is 25.5. The van der Waals surface area contributed by atoms with Crippen molar-refractivity contribution in [2.24, 2.45) is 5.92 Å². The van der Waals surface area contributed by atoms with Crippen LogP contribution >= 0.6 is 0 Å². The van der Waals surface area contributed by atoms with Gasteiger partial charge in [-0.15, -0.1) is 0 Å². The molecule has 2 aromatic rings. The third-order valence-corrected chi connectivity index (χ3v) is 6.51. The number of para-hydroxylation sites is 1. The Bertz CT molecular complexity index is 1080. The molecule has 3 amide bonds. The standard InChI is InChI=1S/C28H35N3O5/c1-28(2,3)36-26(33)30-22-14-13-20(15-22)17-29-25(32)24-16-21-11-7-8-12-23(21)31(24)27(34)35-18-19-9-5-4-6-10-19/h4-12,20,22,24H,13-18H2,1-3H3,(H,29,32)(H,30,33)/t20-,22+,24-/m0/s1. The maximum atomic E-state index is 13.2. The highest BCUT2D eigenvalue weighted by molar-refractivity contribution is 6.00. The van der Waals surface area contributed by atoms with Crippen molar-refractivity contribution in [3.05, 3.63) is 65.7 Å². The van der Waals surface area contributed by atoms with E-state index in [1.165, 1.54) is 4.90 Å². The van der Waals surface area contributed by atoms with E-state index in [1.807, 2.05) is 75.4 Å². The molecule has 1 aliphatic carbocycles. The number of alkyl carbamates (subject to hydrolysis) is 1. The smallest absolute Gasteiger partial charge is 0.415 e. The molecule has 1 heterocycles. The molecule has 1 saturated carbocycles. The second kappa shape index (κ2) is 11.0. The van der Waals surface area contributed by atoms with Crippen LogP contribution in [0.4, 0.5) is 15.3 Å². The number of rotatable bonds is 6. The van der Waals surface area contributed by atoms with Gasteiger partial charge >= 0.3 is 12.2 Å². The number of carbonyl (C=O) groups is 3. The molecule has 0 aromatic heterocycles. The first-order chi connectivity index (χ1) is 17.2. The number of benzene rings is 2. The third kappa shape index (κ3) is 6.56. The van der Waals surface area contributed by atoms with E-state index in [-0.39, 0.29) is 24.5 Å². The van der Waals surface area contributed by atoms with Crippen molar-refractivity contribution in [3.8, 4) is 0 Å². The van der Waals surface area contributed by atoms with Gasteiger partial charge in [0.05, 0.1) is 5.69 Å². The zero-order chi connectivity index (χ0) is 25.7. The first-order valence-electron chi connectivity index (χ1n) is 12.5. The van der Waals surface area contributed by atoms with Crippen molar-refractivity contribution in [1.29, 1.82) is 0 Å². The van der Waals surface area contributed by atoms with E-state index < -0.39 is 23.8 Å². The Kier molecular flexibility index (Phi) is 7.82. The van der Waals surface area contributed by atoms with Gasteiger partial charge in [-0.25, -0.2) is 9.59 Å². The van der Waals surface area contributed by atoms with Gasteiger partial charge in [-0.05, 0) is 63.1 Å². The molecule has 2 aliphatic rings. The largest absolute Gasteiger partial charge is 0.444 e. The molecule has 3 atom stereocenters. The predicted molar refractivity (Wildman–Crippen MR) is 137 cm³/mol. The lowest BCUT2D eigenvalue weighted by Gasteiger charge is -2.25. The van der Waals surface area contributed by atoms with Crippen molar-refractivity contribution < 1.29 is 23.9 Å². The van der Waals surface area contributed by atoms with Crippen molar-refractivity contribution in [2.45, 2.75) is 70.7 Å². The number of ether oxygens (including phenoxy) is 2. The van der Waals surface area contributed by atoms with Gasteiger partial charge in [0.1, 0.15) is 18.2 Å². The Balaban J connectivity index is 1.32. The average Bonchev–Trinajstić information content (AvgIpc) is 3.44. The SMILES string of the molecule is CC(C)(C)OC(=O)N[C@@H]1CC[C@H](CNC(=O)[C@@H]2Cc3ccccc3N2C(=O)OCc2ccccc2)C1. The number of amides is 3. The summed E-state index contributed by atoms with van der Waals surface area (Å²) in [6.45, 7) is 6.14. The van der Waals surface area contributed by atoms with Crippen LogP contribution in [0.5, 0.6) is 0 Å². The van der Waals surface area contributed by atoms with Crippen LogP contribution in [0, 0.1) is 5.92 Å². The molecular weight excluding hydrogens is 458 g/mol. The predicted octanol–water partition coefficient (Wildman–Crippen LogP) is 4.56. The van der Waals surface area contributed by atoms with Crippen molar-refractivity contribution >= 4 is 23.8 Å². The monoisotopic (exact) mass is 493 g/mol. The maximum absolute atomic E-state index is 13.2. The van der Waals surface area contributed by atoms with Crippen LogP contribution in [0.2, 0.25) is 0 Å². The minimum atomic E-state index is -0.664. The molecule has 1 fully saturated rings. The minimum absolute atomic E-state index is 0.0296. The van der Waals surface area contributed by atoms with Crippen LogP contribution < -0.4 is 15.5 Å². The van der Waals surface area contributed by atoms with Gasteiger partial charge in [0, 0.05) is 19.0 Å². The normalized spacial score (nSPS) is 21.0. The lowest BCUT2D eigenvalue weighted by Crippen LogP contribution is -2.49. The van der Waals surface area contributed by atoms with Crippen LogP contribution in [0.3, 0.4) is 0 Å². The average molecular weight is 494 g/mol. The van der Waals surface area contributed by atoms with E-state index in [4.69, 9.17) is 9.47 Å². The van der Waals surface area contributed by atoms with Gasteiger partial charge in [0.2, 0.25) is 5.91 Å². The summed E-state index contributed by atoms with van der Waals surface area (Å²) in [5.41, 5.74) is 1.99. The molecule has 0 bridgehead atoms. The lowest BCUT2D eigenvalue weighted by molar-refractivity contribution is -0.122. The highest BCUT2D eigenvalue weighted by atomic mass is 16.6. The summed E-state index contributed by atoms with van der Waals surface area (Å²) in [4.78, 5) is 39.8. The molecule has 192 valence electrons. The summed E-state index contributed by atoms with van der Waals surface area (Å²) in [5, 5.41) is 5.97. The fourth-order valence-electron chi connectivity index (χ4n) is 4.84. The summed E-state index contributed by atoms with van der Waals surface area (Å²) < 4.78 is 10.9.